The molecule has 16 heavy (non-hydrogen) atoms. The zero-order valence-corrected chi connectivity index (χ0v) is 9.53. The molecule has 0 aromatic carbocycles. The van der Waals surface area contributed by atoms with Gasteiger partial charge in [0, 0.05) is 5.57 Å². The summed E-state index contributed by atoms with van der Waals surface area (Å²) in [6, 6.07) is 5.34. The van der Waals surface area contributed by atoms with Crippen molar-refractivity contribution in [2.24, 2.45) is 0 Å². The van der Waals surface area contributed by atoms with Crippen molar-refractivity contribution >= 4 is 11.5 Å². The number of nitrogens with zero attached hydrogens (tertiary/aromatic N) is 1. The molecule has 1 aromatic rings. The maximum Gasteiger partial charge on any atom is 0.349 e. The lowest BCUT2D eigenvalue weighted by Gasteiger charge is -2.02. The van der Waals surface area contributed by atoms with Gasteiger partial charge in [0.15, 0.2) is 0 Å². The summed E-state index contributed by atoms with van der Waals surface area (Å²) in [5.41, 5.74) is 0.477. The molecule has 0 radical (unpaired) electrons. The van der Waals surface area contributed by atoms with E-state index in [0.29, 0.717) is 11.3 Å². The summed E-state index contributed by atoms with van der Waals surface area (Å²) < 4.78 is 10.1. The molecule has 0 fully saturated rings. The number of ether oxygens (including phenoxy) is 1. The standard InChI is InChI=1S/C12H13NO3/c1-4-15-12(14)10(7-13)9(3)11-6-5-8(2)16-11/h5-6H,4H2,1-3H3/b10-9-. The fourth-order valence-electron chi connectivity index (χ4n) is 1.25. The van der Waals surface area contributed by atoms with E-state index in [1.807, 2.05) is 6.07 Å². The first kappa shape index (κ1) is 12.1. The number of esters is 1. The van der Waals surface area contributed by atoms with Gasteiger partial charge >= 0.3 is 5.97 Å². The van der Waals surface area contributed by atoms with E-state index in [1.165, 1.54) is 0 Å². The lowest BCUT2D eigenvalue weighted by Crippen LogP contribution is -2.07. The highest BCUT2D eigenvalue weighted by atomic mass is 16.5. The van der Waals surface area contributed by atoms with E-state index in [1.54, 1.807) is 32.9 Å². The Balaban J connectivity index is 3.10. The smallest absolute Gasteiger partial charge is 0.349 e. The van der Waals surface area contributed by atoms with Crippen molar-refractivity contribution < 1.29 is 13.9 Å². The zero-order valence-electron chi connectivity index (χ0n) is 9.53. The number of aryl methyl sites for hydroxylation is 1. The Bertz CT molecular complexity index is 463. The highest BCUT2D eigenvalue weighted by Gasteiger charge is 2.16. The first-order valence-corrected chi connectivity index (χ1v) is 4.95. The molecule has 0 aliphatic carbocycles. The van der Waals surface area contributed by atoms with Crippen LogP contribution in [-0.2, 0) is 9.53 Å². The van der Waals surface area contributed by atoms with Crippen molar-refractivity contribution in [2.45, 2.75) is 20.8 Å². The molecule has 0 unspecified atom stereocenters. The van der Waals surface area contributed by atoms with Crippen molar-refractivity contribution in [3.63, 3.8) is 0 Å². The maximum absolute atomic E-state index is 11.5. The van der Waals surface area contributed by atoms with Gasteiger partial charge in [-0.3, -0.25) is 0 Å². The van der Waals surface area contributed by atoms with Gasteiger partial charge in [-0.15, -0.1) is 0 Å². The quantitative estimate of drug-likeness (QED) is 0.445. The van der Waals surface area contributed by atoms with Gasteiger partial charge in [0.25, 0.3) is 0 Å². The van der Waals surface area contributed by atoms with E-state index < -0.39 is 5.97 Å². The van der Waals surface area contributed by atoms with Gasteiger partial charge in [-0.25, -0.2) is 4.79 Å². The van der Waals surface area contributed by atoms with Crippen LogP contribution in [0.5, 0.6) is 0 Å². The van der Waals surface area contributed by atoms with E-state index in [4.69, 9.17) is 14.4 Å². The number of carbonyl (C=O) groups is 1. The normalized spacial score (nSPS) is 11.6. The Hall–Kier alpha value is -2.02. The van der Waals surface area contributed by atoms with Crippen LogP contribution in [0.2, 0.25) is 0 Å². The number of hydrogen-bond acceptors (Lipinski definition) is 4. The monoisotopic (exact) mass is 219 g/mol. The average Bonchev–Trinajstić information content (AvgIpc) is 2.66. The molecule has 0 aliphatic heterocycles. The molecule has 0 saturated heterocycles. The highest BCUT2D eigenvalue weighted by molar-refractivity contribution is 6.00. The second-order valence-corrected chi connectivity index (χ2v) is 3.24. The molecular formula is C12H13NO3. The molecule has 0 bridgehead atoms. The number of nitriles is 1. The molecule has 4 heteroatoms. The van der Waals surface area contributed by atoms with Crippen molar-refractivity contribution in [3.8, 4) is 6.07 Å². The number of rotatable bonds is 3. The van der Waals surface area contributed by atoms with E-state index >= 15 is 0 Å². The molecule has 0 amide bonds. The highest BCUT2D eigenvalue weighted by Crippen LogP contribution is 2.21. The fraction of sp³-hybridized carbons (Fsp3) is 0.333. The molecule has 1 heterocycles. The summed E-state index contributed by atoms with van der Waals surface area (Å²) in [5, 5.41) is 8.91. The second-order valence-electron chi connectivity index (χ2n) is 3.24. The SMILES string of the molecule is CCOC(=O)/C(C#N)=C(/C)c1ccc(C)o1. The minimum Gasteiger partial charge on any atom is -0.462 e. The fourth-order valence-corrected chi connectivity index (χ4v) is 1.25. The molecular weight excluding hydrogens is 206 g/mol. The molecule has 0 atom stereocenters. The van der Waals surface area contributed by atoms with Crippen LogP contribution in [0.1, 0.15) is 25.4 Å². The van der Waals surface area contributed by atoms with Crippen LogP contribution in [0.4, 0.5) is 0 Å². The van der Waals surface area contributed by atoms with Crippen LogP contribution in [0.15, 0.2) is 22.1 Å². The summed E-state index contributed by atoms with van der Waals surface area (Å²) in [6.07, 6.45) is 0. The number of furan rings is 1. The van der Waals surface area contributed by atoms with Gasteiger partial charge in [-0.2, -0.15) is 5.26 Å². The summed E-state index contributed by atoms with van der Waals surface area (Å²) >= 11 is 0. The van der Waals surface area contributed by atoms with Crippen LogP contribution in [-0.4, -0.2) is 12.6 Å². The molecule has 0 saturated carbocycles. The van der Waals surface area contributed by atoms with Crippen LogP contribution < -0.4 is 0 Å². The van der Waals surface area contributed by atoms with Crippen LogP contribution in [0.25, 0.3) is 5.57 Å². The molecule has 0 N–H and O–H groups in total. The number of allylic oxidation sites excluding steroid dienone is 1. The van der Waals surface area contributed by atoms with Crippen LogP contribution >= 0.6 is 0 Å². The molecule has 0 spiro atoms. The molecule has 1 aromatic heterocycles. The molecule has 1 rings (SSSR count). The third-order valence-corrected chi connectivity index (χ3v) is 2.08. The maximum atomic E-state index is 11.5. The lowest BCUT2D eigenvalue weighted by atomic mass is 10.1. The van der Waals surface area contributed by atoms with Crippen molar-refractivity contribution in [1.29, 1.82) is 5.26 Å². The minimum absolute atomic E-state index is 0.0174. The predicted molar refractivity (Wildman–Crippen MR) is 58.3 cm³/mol. The van der Waals surface area contributed by atoms with Gasteiger partial charge in [-0.05, 0) is 32.9 Å². The predicted octanol–water partition coefficient (Wildman–Crippen LogP) is 2.45. The number of carbonyl (C=O) groups excluding carboxylic acids is 1. The Morgan fingerprint density at radius 3 is 2.69 bits per heavy atom. The summed E-state index contributed by atoms with van der Waals surface area (Å²) in [4.78, 5) is 11.5. The zero-order chi connectivity index (χ0) is 12.1. The Morgan fingerprint density at radius 2 is 2.25 bits per heavy atom. The first-order valence-electron chi connectivity index (χ1n) is 4.95. The lowest BCUT2D eigenvalue weighted by molar-refractivity contribution is -0.137. The third kappa shape index (κ3) is 2.51. The van der Waals surface area contributed by atoms with Crippen LogP contribution in [0.3, 0.4) is 0 Å². The second kappa shape index (κ2) is 5.17. The molecule has 84 valence electrons. The largest absolute Gasteiger partial charge is 0.462 e. The van der Waals surface area contributed by atoms with E-state index in [-0.39, 0.29) is 12.2 Å². The van der Waals surface area contributed by atoms with Gasteiger partial charge in [-0.1, -0.05) is 0 Å². The van der Waals surface area contributed by atoms with Gasteiger partial charge in [0.2, 0.25) is 0 Å². The summed E-state index contributed by atoms with van der Waals surface area (Å²) in [5.74, 6) is 0.633. The molecule has 4 nitrogen and oxygen atoms in total. The van der Waals surface area contributed by atoms with Gasteiger partial charge in [0.05, 0.1) is 6.61 Å². The molecule has 0 aliphatic rings. The minimum atomic E-state index is -0.614. The van der Waals surface area contributed by atoms with Crippen molar-refractivity contribution in [3.05, 3.63) is 29.2 Å². The first-order chi connectivity index (χ1) is 7.60. The Morgan fingerprint density at radius 1 is 1.56 bits per heavy atom. The van der Waals surface area contributed by atoms with Crippen LogP contribution in [0, 0.1) is 18.3 Å². The van der Waals surface area contributed by atoms with E-state index in [0.717, 1.165) is 5.76 Å². The van der Waals surface area contributed by atoms with Gasteiger partial charge in [0.1, 0.15) is 23.2 Å². The van der Waals surface area contributed by atoms with Crippen molar-refractivity contribution in [1.82, 2.24) is 0 Å². The van der Waals surface area contributed by atoms with Gasteiger partial charge < -0.3 is 9.15 Å². The van der Waals surface area contributed by atoms with E-state index in [2.05, 4.69) is 0 Å². The summed E-state index contributed by atoms with van der Waals surface area (Å²) in [6.45, 7) is 5.40. The Kier molecular flexibility index (Phi) is 3.90. The topological polar surface area (TPSA) is 63.2 Å². The Labute approximate surface area is 94.1 Å². The average molecular weight is 219 g/mol. The van der Waals surface area contributed by atoms with E-state index in [9.17, 15) is 4.79 Å². The summed E-state index contributed by atoms with van der Waals surface area (Å²) in [7, 11) is 0. The van der Waals surface area contributed by atoms with Crippen molar-refractivity contribution in [2.75, 3.05) is 6.61 Å². The third-order valence-electron chi connectivity index (χ3n) is 2.08. The number of hydrogen-bond donors (Lipinski definition) is 0.